The molecule has 0 aromatic carbocycles. The Labute approximate surface area is 65.9 Å². The lowest BCUT2D eigenvalue weighted by molar-refractivity contribution is -0.389. The van der Waals surface area contributed by atoms with Crippen molar-refractivity contribution in [3.63, 3.8) is 0 Å². The number of hydrogen-bond acceptors (Lipinski definition) is 5. The fraction of sp³-hybridized carbons (Fsp3) is 0. The second kappa shape index (κ2) is 2.86. The van der Waals surface area contributed by atoms with Gasteiger partial charge in [-0.2, -0.15) is 0 Å². The number of hydrogen-bond donors (Lipinski definition) is 3. The van der Waals surface area contributed by atoms with Gasteiger partial charge >= 0.3 is 5.82 Å². The summed E-state index contributed by atoms with van der Waals surface area (Å²) in [6.07, 6.45) is 1.09. The molecule has 8 heteroatoms. The Balaban J connectivity index is 3.16. The molecule has 0 fully saturated rings. The van der Waals surface area contributed by atoms with Gasteiger partial charge in [-0.3, -0.25) is 0 Å². The molecule has 1 aromatic heterocycles. The number of aromatic nitrogens is 2. The van der Waals surface area contributed by atoms with E-state index in [1.54, 1.807) is 0 Å². The van der Waals surface area contributed by atoms with Gasteiger partial charge < -0.3 is 21.1 Å². The molecule has 8 nitrogen and oxygen atoms in total. The summed E-state index contributed by atoms with van der Waals surface area (Å²) >= 11 is 0. The smallest absolute Gasteiger partial charge is 0.351 e. The number of aromatic amines is 1. The molecule has 0 aliphatic carbocycles. The molecule has 0 amide bonds. The van der Waals surface area contributed by atoms with Crippen molar-refractivity contribution in [2.75, 3.05) is 0 Å². The summed E-state index contributed by atoms with van der Waals surface area (Å²) in [4.78, 5) is 15.3. The summed E-state index contributed by atoms with van der Waals surface area (Å²) in [6.45, 7) is 0. The van der Waals surface area contributed by atoms with E-state index < -0.39 is 16.6 Å². The number of H-pyrrole nitrogens is 1. The highest BCUT2D eigenvalue weighted by molar-refractivity contribution is 5.98. The van der Waals surface area contributed by atoms with Crippen LogP contribution < -0.4 is 5.73 Å². The maximum atomic E-state index is 10.2. The van der Waals surface area contributed by atoms with E-state index in [-0.39, 0.29) is 5.69 Å². The predicted octanol–water partition coefficient (Wildman–Crippen LogP) is -0.588. The first kappa shape index (κ1) is 7.98. The second-order valence-electron chi connectivity index (χ2n) is 1.84. The van der Waals surface area contributed by atoms with Gasteiger partial charge in [-0.25, -0.2) is 9.97 Å². The molecule has 1 heterocycles. The van der Waals surface area contributed by atoms with Crippen LogP contribution >= 0.6 is 0 Å². The highest BCUT2D eigenvalue weighted by Gasteiger charge is 2.18. The Morgan fingerprint density at radius 1 is 1.92 bits per heavy atom. The van der Waals surface area contributed by atoms with Gasteiger partial charge in [-0.05, 0) is 4.92 Å². The van der Waals surface area contributed by atoms with E-state index in [1.807, 2.05) is 0 Å². The van der Waals surface area contributed by atoms with Crippen molar-refractivity contribution in [1.82, 2.24) is 9.97 Å². The second-order valence-corrected chi connectivity index (χ2v) is 1.84. The molecule has 0 aliphatic heterocycles. The topological polar surface area (TPSA) is 130 Å². The van der Waals surface area contributed by atoms with E-state index in [1.165, 1.54) is 0 Å². The number of rotatable bonds is 2. The first-order valence-corrected chi connectivity index (χ1v) is 2.82. The van der Waals surface area contributed by atoms with Gasteiger partial charge in [-0.1, -0.05) is 5.16 Å². The van der Waals surface area contributed by atoms with E-state index in [4.69, 9.17) is 10.9 Å². The van der Waals surface area contributed by atoms with Crippen molar-refractivity contribution in [2.24, 2.45) is 10.9 Å². The van der Waals surface area contributed by atoms with Crippen LogP contribution in [0, 0.1) is 10.1 Å². The van der Waals surface area contributed by atoms with Crippen LogP contribution in [0.15, 0.2) is 11.5 Å². The van der Waals surface area contributed by atoms with E-state index in [0.717, 1.165) is 6.33 Å². The van der Waals surface area contributed by atoms with Crippen LogP contribution in [0.5, 0.6) is 0 Å². The molecule has 64 valence electrons. The first-order chi connectivity index (χ1) is 5.66. The highest BCUT2D eigenvalue weighted by Crippen LogP contribution is 2.10. The number of amidine groups is 1. The van der Waals surface area contributed by atoms with Gasteiger partial charge in [0.1, 0.15) is 0 Å². The van der Waals surface area contributed by atoms with Gasteiger partial charge in [0.15, 0.2) is 12.2 Å². The summed E-state index contributed by atoms with van der Waals surface area (Å²) in [6, 6.07) is 0. The molecule has 0 aliphatic rings. The molecule has 1 aromatic rings. The maximum absolute atomic E-state index is 10.2. The highest BCUT2D eigenvalue weighted by atomic mass is 16.6. The van der Waals surface area contributed by atoms with Crippen LogP contribution in [0.2, 0.25) is 0 Å². The monoisotopic (exact) mass is 171 g/mol. The summed E-state index contributed by atoms with van der Waals surface area (Å²) in [5, 5.41) is 21.0. The van der Waals surface area contributed by atoms with Crippen LogP contribution in [-0.4, -0.2) is 25.9 Å². The zero-order valence-corrected chi connectivity index (χ0v) is 5.76. The Bertz CT molecular complexity index is 329. The average molecular weight is 171 g/mol. The van der Waals surface area contributed by atoms with Crippen molar-refractivity contribution in [3.8, 4) is 0 Å². The van der Waals surface area contributed by atoms with Crippen molar-refractivity contribution in [1.29, 1.82) is 0 Å². The lowest BCUT2D eigenvalue weighted by Crippen LogP contribution is -2.15. The fourth-order valence-corrected chi connectivity index (χ4v) is 0.661. The van der Waals surface area contributed by atoms with Gasteiger partial charge in [0.25, 0.3) is 0 Å². The van der Waals surface area contributed by atoms with Crippen LogP contribution in [0.25, 0.3) is 0 Å². The Hall–Kier alpha value is -2.12. The van der Waals surface area contributed by atoms with Crippen molar-refractivity contribution in [2.45, 2.75) is 0 Å². The lowest BCUT2D eigenvalue weighted by Gasteiger charge is -1.93. The van der Waals surface area contributed by atoms with E-state index >= 15 is 0 Å². The van der Waals surface area contributed by atoms with E-state index in [9.17, 15) is 10.1 Å². The lowest BCUT2D eigenvalue weighted by atomic mass is 10.4. The molecule has 0 spiro atoms. The van der Waals surface area contributed by atoms with Gasteiger partial charge in [0.2, 0.25) is 5.69 Å². The minimum absolute atomic E-state index is 0.178. The van der Waals surface area contributed by atoms with Gasteiger partial charge in [-0.15, -0.1) is 0 Å². The first-order valence-electron chi connectivity index (χ1n) is 2.82. The molecular formula is C4H5N5O3. The maximum Gasteiger partial charge on any atom is 0.351 e. The third kappa shape index (κ3) is 1.17. The summed E-state index contributed by atoms with van der Waals surface area (Å²) in [7, 11) is 0. The predicted molar refractivity (Wildman–Crippen MR) is 37.8 cm³/mol. The Morgan fingerprint density at radius 3 is 3.08 bits per heavy atom. The molecular weight excluding hydrogens is 166 g/mol. The molecule has 12 heavy (non-hydrogen) atoms. The number of nitro groups is 1. The number of imidazole rings is 1. The minimum Gasteiger partial charge on any atom is -0.409 e. The molecule has 0 radical (unpaired) electrons. The summed E-state index contributed by atoms with van der Waals surface area (Å²) in [5.41, 5.74) is 4.91. The normalized spacial score (nSPS) is 11.5. The molecule has 1 rings (SSSR count). The van der Waals surface area contributed by atoms with Crippen LogP contribution in [-0.2, 0) is 0 Å². The number of nitrogens with two attached hydrogens (primary N) is 1. The SMILES string of the molecule is NC(=NO)c1nc[nH]c1[N+](=O)[O-]. The molecule has 0 bridgehead atoms. The van der Waals surface area contributed by atoms with Crippen molar-refractivity contribution in [3.05, 3.63) is 22.1 Å². The largest absolute Gasteiger partial charge is 0.409 e. The van der Waals surface area contributed by atoms with Gasteiger partial charge in [0, 0.05) is 0 Å². The third-order valence-corrected chi connectivity index (χ3v) is 1.15. The third-order valence-electron chi connectivity index (χ3n) is 1.15. The fourth-order valence-electron chi connectivity index (χ4n) is 0.661. The van der Waals surface area contributed by atoms with Crippen LogP contribution in [0.4, 0.5) is 5.82 Å². The standard InChI is InChI=1S/C4H5N5O3/c5-3(8-10)2-4(9(11)12)7-1-6-2/h1,10H,(H2,5,8)(H,6,7). The molecule has 0 unspecified atom stereocenters. The molecule has 0 saturated heterocycles. The zero-order chi connectivity index (χ0) is 9.14. The minimum atomic E-state index is -0.708. The van der Waals surface area contributed by atoms with Crippen molar-refractivity contribution < 1.29 is 10.1 Å². The number of oxime groups is 1. The molecule has 0 atom stereocenters. The zero-order valence-electron chi connectivity index (χ0n) is 5.76. The van der Waals surface area contributed by atoms with E-state index in [0.29, 0.717) is 0 Å². The van der Waals surface area contributed by atoms with Crippen LogP contribution in [0.3, 0.4) is 0 Å². The summed E-state index contributed by atoms with van der Waals surface area (Å²) in [5.74, 6) is -0.798. The molecule has 0 saturated carbocycles. The Kier molecular flexibility index (Phi) is 1.90. The van der Waals surface area contributed by atoms with Crippen molar-refractivity contribution >= 4 is 11.7 Å². The van der Waals surface area contributed by atoms with E-state index in [2.05, 4.69) is 15.1 Å². The number of nitrogens with one attached hydrogen (secondary N) is 1. The average Bonchev–Trinajstić information content (AvgIpc) is 2.50. The Morgan fingerprint density at radius 2 is 2.58 bits per heavy atom. The quantitative estimate of drug-likeness (QED) is 0.180. The molecule has 4 N–H and O–H groups in total. The summed E-state index contributed by atoms with van der Waals surface area (Å²) < 4.78 is 0. The van der Waals surface area contributed by atoms with Crippen LogP contribution in [0.1, 0.15) is 5.69 Å². The number of nitrogens with zero attached hydrogens (tertiary/aromatic N) is 3. The van der Waals surface area contributed by atoms with Gasteiger partial charge in [0.05, 0.1) is 0 Å².